The molecule has 3 N–H and O–H groups in total. The van der Waals surface area contributed by atoms with Gasteiger partial charge in [0.2, 0.25) is 10.0 Å². The summed E-state index contributed by atoms with van der Waals surface area (Å²) < 4.78 is 23.3. The van der Waals surface area contributed by atoms with Crippen LogP contribution in [0.2, 0.25) is 0 Å². The molecule has 0 heterocycles. The number of hydrogen-bond acceptors (Lipinski definition) is 3. The Labute approximate surface area is 133 Å². The average Bonchev–Trinajstić information content (AvgIpc) is 2.39. The van der Waals surface area contributed by atoms with Gasteiger partial charge in [-0.3, -0.25) is 0 Å². The molecule has 0 aromatic heterocycles. The summed E-state index contributed by atoms with van der Waals surface area (Å²) in [6, 6.07) is 13.0. The minimum absolute atomic E-state index is 0.0862. The van der Waals surface area contributed by atoms with Gasteiger partial charge in [-0.15, -0.1) is 0 Å². The van der Waals surface area contributed by atoms with E-state index in [1.165, 1.54) is 17.7 Å². The Hall–Kier alpha value is -1.37. The quantitative estimate of drug-likeness (QED) is 0.865. The third-order valence-corrected chi connectivity index (χ3v) is 4.75. The van der Waals surface area contributed by atoms with Gasteiger partial charge in [-0.25, -0.2) is 13.6 Å². The molecule has 1 atom stereocenters. The Balaban J connectivity index is 2.24. The summed E-state index contributed by atoms with van der Waals surface area (Å²) in [6.07, 6.45) is 0. The highest BCUT2D eigenvalue weighted by molar-refractivity contribution is 9.10. The Kier molecular flexibility index (Phi) is 4.70. The van der Waals surface area contributed by atoms with Crippen molar-refractivity contribution in [3.63, 3.8) is 0 Å². The van der Waals surface area contributed by atoms with Crippen LogP contribution >= 0.6 is 15.9 Å². The predicted octanol–water partition coefficient (Wildman–Crippen LogP) is 3.58. The topological polar surface area (TPSA) is 72.2 Å². The minimum atomic E-state index is -3.69. The first kappa shape index (κ1) is 16.0. The molecule has 0 radical (unpaired) electrons. The highest BCUT2D eigenvalue weighted by Crippen LogP contribution is 2.28. The second kappa shape index (κ2) is 6.17. The van der Waals surface area contributed by atoms with Crippen LogP contribution in [0.3, 0.4) is 0 Å². The first-order valence-electron chi connectivity index (χ1n) is 6.43. The Morgan fingerprint density at radius 3 is 2.48 bits per heavy atom. The molecule has 4 nitrogen and oxygen atoms in total. The van der Waals surface area contributed by atoms with E-state index in [0.717, 1.165) is 11.3 Å². The third-order valence-electron chi connectivity index (χ3n) is 3.18. The molecule has 112 valence electrons. The van der Waals surface area contributed by atoms with Crippen LogP contribution < -0.4 is 10.5 Å². The van der Waals surface area contributed by atoms with Gasteiger partial charge in [0.25, 0.3) is 0 Å². The van der Waals surface area contributed by atoms with Crippen molar-refractivity contribution in [3.05, 3.63) is 58.1 Å². The fourth-order valence-corrected chi connectivity index (χ4v) is 3.23. The van der Waals surface area contributed by atoms with E-state index in [-0.39, 0.29) is 10.9 Å². The molecule has 0 amide bonds. The van der Waals surface area contributed by atoms with E-state index < -0.39 is 10.0 Å². The van der Waals surface area contributed by atoms with Crippen molar-refractivity contribution in [3.8, 4) is 0 Å². The summed E-state index contributed by atoms with van der Waals surface area (Å²) in [4.78, 5) is 0.0862. The molecule has 2 rings (SSSR count). The van der Waals surface area contributed by atoms with E-state index >= 15 is 0 Å². The summed E-state index contributed by atoms with van der Waals surface area (Å²) in [5.74, 6) is 0. The maximum atomic E-state index is 11.3. The van der Waals surface area contributed by atoms with Gasteiger partial charge in [0.15, 0.2) is 0 Å². The van der Waals surface area contributed by atoms with Crippen molar-refractivity contribution in [1.82, 2.24) is 0 Å². The lowest BCUT2D eigenvalue weighted by Gasteiger charge is -2.17. The third kappa shape index (κ3) is 4.06. The molecule has 0 aliphatic rings. The van der Waals surface area contributed by atoms with Gasteiger partial charge in [0.05, 0.1) is 4.90 Å². The number of benzene rings is 2. The van der Waals surface area contributed by atoms with Gasteiger partial charge in [0, 0.05) is 16.2 Å². The minimum Gasteiger partial charge on any atom is -0.378 e. The molecular formula is C15H17BrN2O2S. The molecule has 0 aliphatic carbocycles. The molecule has 0 fully saturated rings. The number of nitrogens with one attached hydrogen (secondary N) is 1. The number of anilines is 1. The number of halogens is 1. The van der Waals surface area contributed by atoms with Crippen LogP contribution in [0, 0.1) is 6.92 Å². The average molecular weight is 369 g/mol. The number of primary sulfonamides is 1. The second-order valence-electron chi connectivity index (χ2n) is 4.97. The summed E-state index contributed by atoms with van der Waals surface area (Å²) in [6.45, 7) is 4.10. The van der Waals surface area contributed by atoms with E-state index in [1.807, 2.05) is 19.1 Å². The van der Waals surface area contributed by atoms with Gasteiger partial charge < -0.3 is 5.32 Å². The van der Waals surface area contributed by atoms with Crippen molar-refractivity contribution in [2.75, 3.05) is 5.32 Å². The van der Waals surface area contributed by atoms with E-state index in [2.05, 4.69) is 40.3 Å². The molecule has 2 aromatic carbocycles. The van der Waals surface area contributed by atoms with Crippen molar-refractivity contribution in [2.45, 2.75) is 24.8 Å². The van der Waals surface area contributed by atoms with Crippen LogP contribution in [0.1, 0.15) is 24.1 Å². The molecular weight excluding hydrogens is 352 g/mol. The van der Waals surface area contributed by atoms with Crippen molar-refractivity contribution < 1.29 is 8.42 Å². The van der Waals surface area contributed by atoms with Gasteiger partial charge in [-0.2, -0.15) is 0 Å². The lowest BCUT2D eigenvalue weighted by Crippen LogP contribution is -2.13. The lowest BCUT2D eigenvalue weighted by molar-refractivity contribution is 0.598. The molecule has 0 aliphatic heterocycles. The summed E-state index contributed by atoms with van der Waals surface area (Å²) in [5, 5.41) is 8.47. The van der Waals surface area contributed by atoms with Gasteiger partial charge in [0.1, 0.15) is 0 Å². The second-order valence-corrected chi connectivity index (χ2v) is 7.38. The van der Waals surface area contributed by atoms with Crippen LogP contribution in [0.5, 0.6) is 0 Å². The van der Waals surface area contributed by atoms with Crippen LogP contribution in [0.25, 0.3) is 0 Å². The highest BCUT2D eigenvalue weighted by Gasteiger charge is 2.12. The maximum absolute atomic E-state index is 11.3. The van der Waals surface area contributed by atoms with Gasteiger partial charge in [-0.05, 0) is 53.5 Å². The zero-order valence-electron chi connectivity index (χ0n) is 11.8. The first-order valence-corrected chi connectivity index (χ1v) is 8.77. The molecule has 0 bridgehead atoms. The number of aryl methyl sites for hydroxylation is 1. The largest absolute Gasteiger partial charge is 0.378 e. The first-order chi connectivity index (χ1) is 9.77. The number of nitrogens with two attached hydrogens (primary N) is 1. The predicted molar refractivity (Wildman–Crippen MR) is 88.7 cm³/mol. The summed E-state index contributed by atoms with van der Waals surface area (Å²) >= 11 is 3.37. The van der Waals surface area contributed by atoms with E-state index in [9.17, 15) is 8.42 Å². The maximum Gasteiger partial charge on any atom is 0.238 e. The normalized spacial score (nSPS) is 13.0. The molecule has 1 unspecified atom stereocenters. The van der Waals surface area contributed by atoms with Crippen LogP contribution in [-0.4, -0.2) is 8.42 Å². The van der Waals surface area contributed by atoms with Gasteiger partial charge >= 0.3 is 0 Å². The smallest absolute Gasteiger partial charge is 0.238 e. The summed E-state index contributed by atoms with van der Waals surface area (Å²) in [5.41, 5.74) is 3.18. The molecule has 0 saturated heterocycles. The van der Waals surface area contributed by atoms with Crippen LogP contribution in [0.4, 0.5) is 5.69 Å². The number of sulfonamides is 1. The zero-order valence-corrected chi connectivity index (χ0v) is 14.2. The SMILES string of the molecule is Cc1cccc(C(C)Nc2ccc(S(N)(=O)=O)cc2Br)c1. The Morgan fingerprint density at radius 1 is 1.19 bits per heavy atom. The highest BCUT2D eigenvalue weighted by atomic mass is 79.9. The standard InChI is InChI=1S/C15H17BrN2O2S/c1-10-4-3-5-12(8-10)11(2)18-15-7-6-13(9-14(15)16)21(17,19)20/h3-9,11,18H,1-2H3,(H2,17,19,20). The Bertz CT molecular complexity index is 760. The van der Waals surface area contributed by atoms with Crippen molar-refractivity contribution >= 4 is 31.6 Å². The van der Waals surface area contributed by atoms with E-state index in [4.69, 9.17) is 5.14 Å². The lowest BCUT2D eigenvalue weighted by atomic mass is 10.1. The number of rotatable bonds is 4. The summed E-state index contributed by atoms with van der Waals surface area (Å²) in [7, 11) is -3.69. The van der Waals surface area contributed by atoms with Crippen LogP contribution in [-0.2, 0) is 10.0 Å². The van der Waals surface area contributed by atoms with Crippen molar-refractivity contribution in [1.29, 1.82) is 0 Å². The fourth-order valence-electron chi connectivity index (χ4n) is 2.05. The van der Waals surface area contributed by atoms with Crippen molar-refractivity contribution in [2.24, 2.45) is 5.14 Å². The molecule has 0 spiro atoms. The monoisotopic (exact) mass is 368 g/mol. The molecule has 2 aromatic rings. The van der Waals surface area contributed by atoms with Crippen LogP contribution in [0.15, 0.2) is 51.8 Å². The van der Waals surface area contributed by atoms with E-state index in [0.29, 0.717) is 4.47 Å². The van der Waals surface area contributed by atoms with E-state index in [1.54, 1.807) is 6.07 Å². The molecule has 21 heavy (non-hydrogen) atoms. The van der Waals surface area contributed by atoms with Gasteiger partial charge in [-0.1, -0.05) is 29.8 Å². The molecule has 6 heteroatoms. The number of hydrogen-bond donors (Lipinski definition) is 2. The molecule has 0 saturated carbocycles. The zero-order chi connectivity index (χ0) is 15.6. The fraction of sp³-hybridized carbons (Fsp3) is 0.200. The Morgan fingerprint density at radius 2 is 1.90 bits per heavy atom.